The maximum atomic E-state index is 13.3. The number of aliphatic hydroxyl groups excluding tert-OH is 2. The first kappa shape index (κ1) is 29.9. The third-order valence-electron chi connectivity index (χ3n) is 6.68. The van der Waals surface area contributed by atoms with E-state index in [0.717, 1.165) is 0 Å². The summed E-state index contributed by atoms with van der Waals surface area (Å²) in [4.78, 5) is 52.7. The fourth-order valence-corrected chi connectivity index (χ4v) is 5.15. The minimum Gasteiger partial charge on any atom is -0.510 e. The SMILES string of the molecule is CN(C)CC(=O)NC(=O)C1=C(O)C(N)C2CC3Cc4cccc(O)c4C(=O)C3=C(O)C2(O)C1=O.O=S(=O)(O)O. The molecule has 212 valence electrons. The Balaban J connectivity index is 0.000000771. The lowest BCUT2D eigenvalue weighted by Gasteiger charge is -2.47. The molecular formula is C23H27N3O12S. The summed E-state index contributed by atoms with van der Waals surface area (Å²) in [6, 6.07) is 3.10. The zero-order chi connectivity index (χ0) is 29.6. The van der Waals surface area contributed by atoms with Crippen LogP contribution in [0.4, 0.5) is 0 Å². The lowest BCUT2D eigenvalue weighted by Crippen LogP contribution is -2.63. The summed E-state index contributed by atoms with van der Waals surface area (Å²) in [6.45, 7) is -0.193. The molecule has 4 rings (SSSR count). The molecule has 0 radical (unpaired) electrons. The molecule has 15 nitrogen and oxygen atoms in total. The minimum atomic E-state index is -4.67. The van der Waals surface area contributed by atoms with Gasteiger partial charge in [-0.1, -0.05) is 12.1 Å². The molecule has 0 heterocycles. The normalized spacial score (nSPS) is 26.3. The maximum Gasteiger partial charge on any atom is 0.394 e. The second-order valence-corrected chi connectivity index (χ2v) is 10.5. The molecule has 9 N–H and O–H groups in total. The van der Waals surface area contributed by atoms with Gasteiger partial charge in [0.25, 0.3) is 5.91 Å². The minimum absolute atomic E-state index is 0.0412. The smallest absolute Gasteiger partial charge is 0.394 e. The Bertz CT molecular complexity index is 1420. The van der Waals surface area contributed by atoms with E-state index in [9.17, 15) is 39.6 Å². The van der Waals surface area contributed by atoms with Crippen LogP contribution in [0, 0.1) is 11.8 Å². The van der Waals surface area contributed by atoms with Crippen molar-refractivity contribution in [3.8, 4) is 5.75 Å². The fourth-order valence-electron chi connectivity index (χ4n) is 5.15. The highest BCUT2D eigenvalue weighted by atomic mass is 32.3. The van der Waals surface area contributed by atoms with Gasteiger partial charge in [0.1, 0.15) is 22.8 Å². The van der Waals surface area contributed by atoms with Crippen LogP contribution in [0.1, 0.15) is 22.3 Å². The van der Waals surface area contributed by atoms with Gasteiger partial charge in [-0.2, -0.15) is 8.42 Å². The van der Waals surface area contributed by atoms with Gasteiger partial charge in [-0.05, 0) is 44.5 Å². The van der Waals surface area contributed by atoms with Crippen molar-refractivity contribution in [2.45, 2.75) is 24.5 Å². The summed E-state index contributed by atoms with van der Waals surface area (Å²) in [5.41, 5.74) is 2.61. The van der Waals surface area contributed by atoms with Crippen LogP contribution >= 0.6 is 0 Å². The average molecular weight is 570 g/mol. The summed E-state index contributed by atoms with van der Waals surface area (Å²) in [6.07, 6.45) is 0.168. The number of aromatic hydroxyl groups is 1. The van der Waals surface area contributed by atoms with Gasteiger partial charge >= 0.3 is 10.4 Å². The summed E-state index contributed by atoms with van der Waals surface area (Å²) in [5, 5.41) is 45.2. The Hall–Kier alpha value is -3.67. The Morgan fingerprint density at radius 1 is 1.15 bits per heavy atom. The number of nitrogens with zero attached hydrogens (tertiary/aromatic N) is 1. The molecule has 1 aromatic rings. The number of carbonyl (C=O) groups is 4. The van der Waals surface area contributed by atoms with Crippen LogP contribution in [0.5, 0.6) is 5.75 Å². The average Bonchev–Trinajstić information content (AvgIpc) is 2.78. The second-order valence-electron chi connectivity index (χ2n) is 9.59. The van der Waals surface area contributed by atoms with Gasteiger partial charge in [0.15, 0.2) is 11.4 Å². The monoisotopic (exact) mass is 569 g/mol. The number of fused-ring (bicyclic) bond motifs is 3. The van der Waals surface area contributed by atoms with Crippen molar-refractivity contribution in [1.82, 2.24) is 10.2 Å². The van der Waals surface area contributed by atoms with E-state index in [0.29, 0.717) is 5.56 Å². The maximum absolute atomic E-state index is 13.3. The number of nitrogens with two attached hydrogens (primary N) is 1. The largest absolute Gasteiger partial charge is 0.510 e. The van der Waals surface area contributed by atoms with Crippen molar-refractivity contribution in [3.05, 3.63) is 52.0 Å². The first-order valence-electron chi connectivity index (χ1n) is 11.3. The number of ketones is 2. The third kappa shape index (κ3) is 5.56. The van der Waals surface area contributed by atoms with E-state index in [2.05, 4.69) is 0 Å². The van der Waals surface area contributed by atoms with Crippen LogP contribution in [-0.2, 0) is 31.2 Å². The Kier molecular flexibility index (Phi) is 8.03. The summed E-state index contributed by atoms with van der Waals surface area (Å²) >= 11 is 0. The number of phenols is 1. The van der Waals surface area contributed by atoms with Crippen molar-refractivity contribution in [2.75, 3.05) is 20.6 Å². The van der Waals surface area contributed by atoms with Crippen LogP contribution in [0.3, 0.4) is 0 Å². The van der Waals surface area contributed by atoms with Gasteiger partial charge in [0.05, 0.1) is 18.2 Å². The predicted octanol–water partition coefficient (Wildman–Crippen LogP) is -1.42. The fraction of sp³-hybridized carbons (Fsp3) is 0.391. The van der Waals surface area contributed by atoms with E-state index < -0.39 is 74.3 Å². The molecule has 0 fully saturated rings. The van der Waals surface area contributed by atoms with E-state index >= 15 is 0 Å². The van der Waals surface area contributed by atoms with Crippen LogP contribution < -0.4 is 11.1 Å². The van der Waals surface area contributed by atoms with Crippen LogP contribution in [0.2, 0.25) is 0 Å². The number of amides is 2. The number of nitrogens with one attached hydrogen (secondary N) is 1. The van der Waals surface area contributed by atoms with Crippen LogP contribution in [0.25, 0.3) is 0 Å². The topological polar surface area (TPSA) is 265 Å². The molecule has 39 heavy (non-hydrogen) atoms. The summed E-state index contributed by atoms with van der Waals surface area (Å²) < 4.78 is 31.6. The number of allylic oxidation sites excluding steroid dienone is 1. The van der Waals surface area contributed by atoms with Gasteiger partial charge in [0.2, 0.25) is 11.7 Å². The molecule has 3 aliphatic carbocycles. The number of Topliss-reactive ketones (excluding diaryl/α,β-unsaturated/α-hetero) is 2. The van der Waals surface area contributed by atoms with Crippen molar-refractivity contribution in [1.29, 1.82) is 0 Å². The molecule has 16 heteroatoms. The molecule has 3 aliphatic rings. The number of likely N-dealkylation sites (N-methyl/N-ethyl adjacent to an activating group) is 1. The number of phenolic OH excluding ortho intramolecular Hbond substituents is 1. The predicted molar refractivity (Wildman–Crippen MR) is 131 cm³/mol. The Morgan fingerprint density at radius 2 is 1.74 bits per heavy atom. The number of benzene rings is 1. The standard InChI is InChI=1S/C23H25N3O8.H2O4S/c1-26(2)8-13(28)25-22(33)16-19(30)17(24)11-7-10-6-9-4-3-5-12(27)14(9)18(29)15(10)20(31)23(11,34)21(16)32;1-5(2,3)4/h3-5,10-11,17,27,30-31,34H,6-8,24H2,1-2H3,(H,25,28,33);(H2,1,2,3,4). The zero-order valence-electron chi connectivity index (χ0n) is 20.7. The van der Waals surface area contributed by atoms with Gasteiger partial charge in [-0.25, -0.2) is 0 Å². The van der Waals surface area contributed by atoms with Crippen molar-refractivity contribution >= 4 is 33.8 Å². The molecule has 1 aromatic carbocycles. The first-order chi connectivity index (χ1) is 17.9. The molecule has 0 aliphatic heterocycles. The number of hydrogen-bond acceptors (Lipinski definition) is 12. The number of hydrogen-bond donors (Lipinski definition) is 8. The Labute approximate surface area is 221 Å². The third-order valence-corrected chi connectivity index (χ3v) is 6.68. The highest BCUT2D eigenvalue weighted by molar-refractivity contribution is 7.79. The second kappa shape index (κ2) is 10.5. The number of rotatable bonds is 3. The van der Waals surface area contributed by atoms with Gasteiger partial charge in [0, 0.05) is 11.5 Å². The Morgan fingerprint density at radius 3 is 2.31 bits per heavy atom. The highest BCUT2D eigenvalue weighted by Crippen LogP contribution is 2.50. The molecular weight excluding hydrogens is 542 g/mol. The zero-order valence-corrected chi connectivity index (χ0v) is 21.5. The van der Waals surface area contributed by atoms with E-state index in [1.54, 1.807) is 26.2 Å². The van der Waals surface area contributed by atoms with Crippen molar-refractivity contribution < 1.29 is 57.1 Å². The molecule has 4 atom stereocenters. The highest BCUT2D eigenvalue weighted by Gasteiger charge is 2.62. The summed E-state index contributed by atoms with van der Waals surface area (Å²) in [7, 11) is -1.51. The van der Waals surface area contributed by atoms with E-state index in [1.165, 1.54) is 11.0 Å². The lowest BCUT2D eigenvalue weighted by atomic mass is 9.59. The number of aliphatic hydroxyl groups is 3. The summed E-state index contributed by atoms with van der Waals surface area (Å²) in [5.74, 6) is -8.14. The van der Waals surface area contributed by atoms with Crippen LogP contribution in [0.15, 0.2) is 40.9 Å². The molecule has 4 unspecified atom stereocenters. The molecule has 0 bridgehead atoms. The molecule has 0 saturated heterocycles. The van der Waals surface area contributed by atoms with Gasteiger partial charge in [-0.15, -0.1) is 0 Å². The molecule has 0 aromatic heterocycles. The lowest BCUT2D eigenvalue weighted by molar-refractivity contribution is -0.146. The molecule has 2 amide bonds. The molecule has 0 saturated carbocycles. The number of imide groups is 1. The van der Waals surface area contributed by atoms with Crippen molar-refractivity contribution in [2.24, 2.45) is 17.6 Å². The van der Waals surface area contributed by atoms with Gasteiger partial charge < -0.3 is 31.1 Å². The van der Waals surface area contributed by atoms with E-state index in [1.807, 2.05) is 5.32 Å². The van der Waals surface area contributed by atoms with Gasteiger partial charge in [-0.3, -0.25) is 33.6 Å². The first-order valence-corrected chi connectivity index (χ1v) is 12.7. The molecule has 0 spiro atoms. The van der Waals surface area contributed by atoms with Crippen LogP contribution in [-0.4, -0.2) is 98.5 Å². The van der Waals surface area contributed by atoms with E-state index in [4.69, 9.17) is 23.3 Å². The number of carbonyl (C=O) groups excluding carboxylic acids is 4. The van der Waals surface area contributed by atoms with Crippen molar-refractivity contribution in [3.63, 3.8) is 0 Å². The van der Waals surface area contributed by atoms with E-state index in [-0.39, 0.29) is 36.3 Å². The quantitative estimate of drug-likeness (QED) is 0.153.